The molecule has 0 fully saturated rings. The van der Waals surface area contributed by atoms with Crippen molar-refractivity contribution in [3.63, 3.8) is 0 Å². The summed E-state index contributed by atoms with van der Waals surface area (Å²) < 4.78 is 46.1. The van der Waals surface area contributed by atoms with Crippen LogP contribution in [0, 0.1) is 17.5 Å². The van der Waals surface area contributed by atoms with Gasteiger partial charge in [0.2, 0.25) is 0 Å². The van der Waals surface area contributed by atoms with Gasteiger partial charge in [-0.2, -0.15) is 0 Å². The van der Waals surface area contributed by atoms with E-state index in [0.717, 1.165) is 12.5 Å². The highest BCUT2D eigenvalue weighted by Gasteiger charge is 2.34. The second kappa shape index (κ2) is 7.09. The number of halogens is 3. The lowest BCUT2D eigenvalue weighted by atomic mass is 9.90. The smallest absolute Gasteiger partial charge is 0.194 e. The van der Waals surface area contributed by atoms with Gasteiger partial charge in [0, 0.05) is 12.2 Å². The number of hydrogen-bond acceptors (Lipinski definition) is 2. The molecule has 114 valence electrons. The summed E-state index contributed by atoms with van der Waals surface area (Å²) in [7, 11) is 0. The molecule has 20 heavy (non-hydrogen) atoms. The van der Waals surface area contributed by atoms with Gasteiger partial charge in [-0.3, -0.25) is 0 Å². The number of hydrogen-bond donors (Lipinski definition) is 1. The molecule has 0 spiro atoms. The van der Waals surface area contributed by atoms with E-state index < -0.39 is 29.1 Å². The number of ether oxygens (including phenoxy) is 1. The first-order valence-corrected chi connectivity index (χ1v) is 6.85. The minimum atomic E-state index is -1.45. The van der Waals surface area contributed by atoms with E-state index in [4.69, 9.17) is 4.74 Å². The van der Waals surface area contributed by atoms with Crippen molar-refractivity contribution in [1.82, 2.24) is 5.32 Å². The lowest BCUT2D eigenvalue weighted by Gasteiger charge is -2.35. The monoisotopic (exact) mass is 289 g/mol. The number of nitrogens with one attached hydrogen (secondary N) is 1. The molecule has 1 rings (SSSR count). The molecule has 0 aliphatic heterocycles. The van der Waals surface area contributed by atoms with Crippen molar-refractivity contribution < 1.29 is 17.9 Å². The van der Waals surface area contributed by atoms with Crippen molar-refractivity contribution in [3.8, 4) is 0 Å². The minimum absolute atomic E-state index is 0.0794. The van der Waals surface area contributed by atoms with E-state index in [1.54, 1.807) is 13.8 Å². The van der Waals surface area contributed by atoms with Gasteiger partial charge in [0.25, 0.3) is 0 Å². The lowest BCUT2D eigenvalue weighted by Crippen LogP contribution is -2.42. The molecule has 2 nitrogen and oxygen atoms in total. The van der Waals surface area contributed by atoms with Crippen LogP contribution in [-0.4, -0.2) is 18.8 Å². The summed E-state index contributed by atoms with van der Waals surface area (Å²) in [5.41, 5.74) is -0.662. The average Bonchev–Trinajstić information content (AvgIpc) is 2.38. The van der Waals surface area contributed by atoms with Crippen LogP contribution in [-0.2, 0) is 4.74 Å². The molecule has 0 aromatic heterocycles. The van der Waals surface area contributed by atoms with Crippen molar-refractivity contribution in [1.29, 1.82) is 0 Å². The molecule has 0 amide bonds. The summed E-state index contributed by atoms with van der Waals surface area (Å²) in [6.45, 7) is 8.47. The molecule has 1 N–H and O–H groups in total. The SMILES string of the molecule is CCCNC(c1ccc(F)c(F)c1F)C(C)(C)OCC. The van der Waals surface area contributed by atoms with Gasteiger partial charge >= 0.3 is 0 Å². The fraction of sp³-hybridized carbons (Fsp3) is 0.600. The molecule has 0 saturated carbocycles. The fourth-order valence-electron chi connectivity index (χ4n) is 2.24. The second-order valence-corrected chi connectivity index (χ2v) is 5.19. The maximum absolute atomic E-state index is 14.0. The highest BCUT2D eigenvalue weighted by Crippen LogP contribution is 2.32. The molecule has 0 aliphatic carbocycles. The van der Waals surface area contributed by atoms with Gasteiger partial charge in [-0.15, -0.1) is 0 Å². The Morgan fingerprint density at radius 1 is 1.15 bits per heavy atom. The Bertz CT molecular complexity index is 449. The van der Waals surface area contributed by atoms with E-state index in [1.165, 1.54) is 6.07 Å². The molecule has 1 atom stereocenters. The van der Waals surface area contributed by atoms with Crippen LogP contribution in [0.2, 0.25) is 0 Å². The summed E-state index contributed by atoms with van der Waals surface area (Å²) >= 11 is 0. The Labute approximate surface area is 118 Å². The summed E-state index contributed by atoms with van der Waals surface area (Å²) in [4.78, 5) is 0. The maximum Gasteiger partial charge on any atom is 0.194 e. The largest absolute Gasteiger partial charge is 0.374 e. The van der Waals surface area contributed by atoms with Gasteiger partial charge in [0.05, 0.1) is 11.6 Å². The molecule has 0 heterocycles. The van der Waals surface area contributed by atoms with Crippen LogP contribution in [0.4, 0.5) is 13.2 Å². The molecular weight excluding hydrogens is 267 g/mol. The first kappa shape index (κ1) is 17.0. The Morgan fingerprint density at radius 2 is 1.80 bits per heavy atom. The van der Waals surface area contributed by atoms with Gasteiger partial charge in [0.1, 0.15) is 0 Å². The topological polar surface area (TPSA) is 21.3 Å². The minimum Gasteiger partial charge on any atom is -0.374 e. The van der Waals surface area contributed by atoms with Gasteiger partial charge in [-0.05, 0) is 39.8 Å². The molecule has 0 saturated heterocycles. The zero-order chi connectivity index (χ0) is 15.3. The third-order valence-corrected chi connectivity index (χ3v) is 3.19. The molecule has 1 unspecified atom stereocenters. The van der Waals surface area contributed by atoms with Crippen molar-refractivity contribution >= 4 is 0 Å². The molecular formula is C15H22F3NO. The van der Waals surface area contributed by atoms with Crippen molar-refractivity contribution in [3.05, 3.63) is 35.1 Å². The zero-order valence-electron chi connectivity index (χ0n) is 12.4. The summed E-state index contributed by atoms with van der Waals surface area (Å²) in [5.74, 6) is -3.79. The van der Waals surface area contributed by atoms with Gasteiger partial charge < -0.3 is 10.1 Å². The number of rotatable bonds is 7. The van der Waals surface area contributed by atoms with Gasteiger partial charge in [-0.1, -0.05) is 13.0 Å². The quantitative estimate of drug-likeness (QED) is 0.767. The Balaban J connectivity index is 3.20. The van der Waals surface area contributed by atoms with Crippen molar-refractivity contribution in [2.45, 2.75) is 45.8 Å². The van der Waals surface area contributed by atoms with Crippen LogP contribution in [0.5, 0.6) is 0 Å². The molecule has 5 heteroatoms. The highest BCUT2D eigenvalue weighted by atomic mass is 19.2. The first-order valence-electron chi connectivity index (χ1n) is 6.85. The van der Waals surface area contributed by atoms with Gasteiger partial charge in [-0.25, -0.2) is 13.2 Å². The molecule has 1 aromatic carbocycles. The van der Waals surface area contributed by atoms with Crippen molar-refractivity contribution in [2.24, 2.45) is 0 Å². The Hall–Kier alpha value is -1.07. The zero-order valence-corrected chi connectivity index (χ0v) is 12.4. The van der Waals surface area contributed by atoms with Crippen molar-refractivity contribution in [2.75, 3.05) is 13.2 Å². The number of benzene rings is 1. The van der Waals surface area contributed by atoms with Crippen LogP contribution >= 0.6 is 0 Å². The predicted molar refractivity (Wildman–Crippen MR) is 73.1 cm³/mol. The van der Waals surface area contributed by atoms with Gasteiger partial charge in [0.15, 0.2) is 17.5 Å². The third kappa shape index (κ3) is 3.73. The normalized spacial score (nSPS) is 13.6. The molecule has 0 bridgehead atoms. The standard InChI is InChI=1S/C15H22F3NO/c1-5-9-19-14(15(3,4)20-6-2)10-7-8-11(16)13(18)12(10)17/h7-8,14,19H,5-6,9H2,1-4H3. The second-order valence-electron chi connectivity index (χ2n) is 5.19. The summed E-state index contributed by atoms with van der Waals surface area (Å²) in [6.07, 6.45) is 0.837. The third-order valence-electron chi connectivity index (χ3n) is 3.19. The van der Waals surface area contributed by atoms with Crippen LogP contribution in [0.3, 0.4) is 0 Å². The first-order chi connectivity index (χ1) is 9.35. The Kier molecular flexibility index (Phi) is 6.02. The van der Waals surface area contributed by atoms with E-state index >= 15 is 0 Å². The Morgan fingerprint density at radius 3 is 2.35 bits per heavy atom. The van der Waals surface area contributed by atoms with Crippen LogP contribution in [0.1, 0.15) is 45.7 Å². The van der Waals surface area contributed by atoms with Crippen LogP contribution < -0.4 is 5.32 Å². The van der Waals surface area contributed by atoms with Crippen LogP contribution in [0.25, 0.3) is 0 Å². The fourth-order valence-corrected chi connectivity index (χ4v) is 2.24. The molecule has 0 radical (unpaired) electrons. The average molecular weight is 289 g/mol. The van der Waals surface area contributed by atoms with E-state index in [0.29, 0.717) is 13.2 Å². The molecule has 1 aromatic rings. The summed E-state index contributed by atoms with van der Waals surface area (Å²) in [6, 6.07) is 1.65. The summed E-state index contributed by atoms with van der Waals surface area (Å²) in [5, 5.41) is 3.14. The van der Waals surface area contributed by atoms with Crippen LogP contribution in [0.15, 0.2) is 12.1 Å². The van der Waals surface area contributed by atoms with E-state index in [-0.39, 0.29) is 5.56 Å². The molecule has 0 aliphatic rings. The highest BCUT2D eigenvalue weighted by molar-refractivity contribution is 5.26. The predicted octanol–water partition coefficient (Wildman–Crippen LogP) is 3.96. The maximum atomic E-state index is 14.0. The lowest BCUT2D eigenvalue weighted by molar-refractivity contribution is -0.0401. The van der Waals surface area contributed by atoms with E-state index in [9.17, 15) is 13.2 Å². The van der Waals surface area contributed by atoms with E-state index in [1.807, 2.05) is 13.8 Å². The van der Waals surface area contributed by atoms with E-state index in [2.05, 4.69) is 5.32 Å².